The van der Waals surface area contributed by atoms with Crippen molar-refractivity contribution >= 4 is 23.4 Å². The average molecular weight is 254 g/mol. The van der Waals surface area contributed by atoms with Gasteiger partial charge >= 0.3 is 0 Å². The lowest BCUT2D eigenvalue weighted by Crippen LogP contribution is -2.39. The lowest BCUT2D eigenvalue weighted by atomic mass is 10.2. The Bertz CT molecular complexity index is 373. The van der Waals surface area contributed by atoms with E-state index in [0.29, 0.717) is 12.5 Å². The second kappa shape index (κ2) is 6.07. The maximum Gasteiger partial charge on any atom is 0.226 e. The number of nitrogens with one attached hydrogen (secondary N) is 2. The highest BCUT2D eigenvalue weighted by Crippen LogP contribution is 2.12. The topological polar surface area (TPSA) is 59.0 Å². The van der Waals surface area contributed by atoms with E-state index >= 15 is 0 Å². The zero-order chi connectivity index (χ0) is 12.1. The van der Waals surface area contributed by atoms with E-state index in [0.717, 1.165) is 30.3 Å². The van der Waals surface area contributed by atoms with Crippen LogP contribution in [0.2, 0.25) is 0 Å². The number of nitrogens with zero attached hydrogens (tertiary/aromatic N) is 2. The van der Waals surface area contributed by atoms with Gasteiger partial charge in [-0.1, -0.05) is 0 Å². The molecule has 1 fully saturated rings. The van der Waals surface area contributed by atoms with Gasteiger partial charge in [-0.3, -0.25) is 9.48 Å². The fraction of sp³-hybridized carbons (Fsp3) is 0.636. The number of anilines is 1. The van der Waals surface area contributed by atoms with Gasteiger partial charge in [0.25, 0.3) is 0 Å². The molecular formula is C11H18N4OS. The standard InChI is InChI=1S/C11H18N4OS/c1-2-15-7-10(6-13-15)14-11(16)5-9-8-17-4-3-12-9/h6-7,9,12H,2-5,8H2,1H3,(H,14,16). The molecule has 1 aliphatic heterocycles. The smallest absolute Gasteiger partial charge is 0.226 e. The van der Waals surface area contributed by atoms with Gasteiger partial charge in [-0.05, 0) is 6.92 Å². The summed E-state index contributed by atoms with van der Waals surface area (Å²) in [6.45, 7) is 3.83. The van der Waals surface area contributed by atoms with E-state index in [1.165, 1.54) is 0 Å². The van der Waals surface area contributed by atoms with Gasteiger partial charge in [-0.25, -0.2) is 0 Å². The quantitative estimate of drug-likeness (QED) is 0.839. The average Bonchev–Trinajstić information content (AvgIpc) is 2.78. The first-order chi connectivity index (χ1) is 8.28. The number of carbonyl (C=O) groups is 1. The molecule has 0 radical (unpaired) electrons. The third-order valence-electron chi connectivity index (χ3n) is 2.67. The molecule has 1 aromatic heterocycles. The van der Waals surface area contributed by atoms with Crippen LogP contribution >= 0.6 is 11.8 Å². The van der Waals surface area contributed by atoms with E-state index in [1.54, 1.807) is 10.9 Å². The molecule has 1 aromatic rings. The summed E-state index contributed by atoms with van der Waals surface area (Å²) in [7, 11) is 0. The second-order valence-corrected chi connectivity index (χ2v) is 5.21. The first-order valence-electron chi connectivity index (χ1n) is 5.91. The van der Waals surface area contributed by atoms with E-state index in [4.69, 9.17) is 0 Å². The maximum absolute atomic E-state index is 11.8. The zero-order valence-electron chi connectivity index (χ0n) is 9.98. The molecule has 2 N–H and O–H groups in total. The van der Waals surface area contributed by atoms with Gasteiger partial charge in [0.15, 0.2) is 0 Å². The van der Waals surface area contributed by atoms with Crippen molar-refractivity contribution in [2.45, 2.75) is 25.9 Å². The first-order valence-corrected chi connectivity index (χ1v) is 7.07. The highest BCUT2D eigenvalue weighted by Gasteiger charge is 2.16. The number of amides is 1. The molecule has 0 aromatic carbocycles. The summed E-state index contributed by atoms with van der Waals surface area (Å²) >= 11 is 1.90. The van der Waals surface area contributed by atoms with E-state index in [9.17, 15) is 4.79 Å². The number of hydrogen-bond acceptors (Lipinski definition) is 4. The largest absolute Gasteiger partial charge is 0.323 e. The fourth-order valence-electron chi connectivity index (χ4n) is 1.79. The van der Waals surface area contributed by atoms with E-state index in [2.05, 4.69) is 15.7 Å². The maximum atomic E-state index is 11.8. The van der Waals surface area contributed by atoms with E-state index in [1.807, 2.05) is 24.9 Å². The van der Waals surface area contributed by atoms with Crippen LogP contribution in [0.1, 0.15) is 13.3 Å². The number of thioether (sulfide) groups is 1. The van der Waals surface area contributed by atoms with Crippen LogP contribution in [-0.2, 0) is 11.3 Å². The molecule has 1 aliphatic rings. The Morgan fingerprint density at radius 1 is 1.76 bits per heavy atom. The number of aryl methyl sites for hydroxylation is 1. The van der Waals surface area contributed by atoms with Crippen LogP contribution in [-0.4, -0.2) is 39.8 Å². The summed E-state index contributed by atoms with van der Waals surface area (Å²) in [5.41, 5.74) is 0.778. The normalized spacial score (nSPS) is 20.2. The minimum absolute atomic E-state index is 0.0562. The first kappa shape index (κ1) is 12.4. The minimum Gasteiger partial charge on any atom is -0.323 e. The van der Waals surface area contributed by atoms with Gasteiger partial charge in [0.1, 0.15) is 0 Å². The Balaban J connectivity index is 1.79. The Morgan fingerprint density at radius 3 is 3.29 bits per heavy atom. The number of hydrogen-bond donors (Lipinski definition) is 2. The fourth-order valence-corrected chi connectivity index (χ4v) is 2.74. The highest BCUT2D eigenvalue weighted by atomic mass is 32.2. The van der Waals surface area contributed by atoms with Crippen LogP contribution < -0.4 is 10.6 Å². The summed E-state index contributed by atoms with van der Waals surface area (Å²) in [5, 5.41) is 10.3. The third-order valence-corrected chi connectivity index (χ3v) is 3.80. The van der Waals surface area contributed by atoms with Crippen molar-refractivity contribution in [2.75, 3.05) is 23.4 Å². The Kier molecular flexibility index (Phi) is 4.44. The lowest BCUT2D eigenvalue weighted by Gasteiger charge is -2.22. The van der Waals surface area contributed by atoms with Crippen molar-refractivity contribution < 1.29 is 4.79 Å². The molecular weight excluding hydrogens is 236 g/mol. The van der Waals surface area contributed by atoms with Crippen molar-refractivity contribution in [1.82, 2.24) is 15.1 Å². The summed E-state index contributed by atoms with van der Waals surface area (Å²) in [4.78, 5) is 11.8. The molecule has 1 amide bonds. The van der Waals surface area contributed by atoms with Gasteiger partial charge in [-0.15, -0.1) is 0 Å². The van der Waals surface area contributed by atoms with Crippen LogP contribution in [0.4, 0.5) is 5.69 Å². The summed E-state index contributed by atoms with van der Waals surface area (Å²) < 4.78 is 1.80. The van der Waals surface area contributed by atoms with Gasteiger partial charge in [0.2, 0.25) is 5.91 Å². The second-order valence-electron chi connectivity index (χ2n) is 4.06. The Hall–Kier alpha value is -1.01. The molecule has 6 heteroatoms. The van der Waals surface area contributed by atoms with Crippen LogP contribution in [0.3, 0.4) is 0 Å². The number of rotatable bonds is 4. The summed E-state index contributed by atoms with van der Waals surface area (Å²) in [6, 6.07) is 0.301. The van der Waals surface area contributed by atoms with Crippen LogP contribution in [0.25, 0.3) is 0 Å². The molecule has 1 atom stereocenters. The lowest BCUT2D eigenvalue weighted by molar-refractivity contribution is -0.116. The van der Waals surface area contributed by atoms with Crippen LogP contribution in [0.5, 0.6) is 0 Å². The molecule has 2 rings (SSSR count). The molecule has 0 aliphatic carbocycles. The van der Waals surface area contributed by atoms with Crippen molar-refractivity contribution in [3.63, 3.8) is 0 Å². The predicted octanol–water partition coefficient (Wildman–Crippen LogP) is 0.937. The van der Waals surface area contributed by atoms with Crippen LogP contribution in [0.15, 0.2) is 12.4 Å². The monoisotopic (exact) mass is 254 g/mol. The highest BCUT2D eigenvalue weighted by molar-refractivity contribution is 7.99. The molecule has 0 spiro atoms. The van der Waals surface area contributed by atoms with E-state index in [-0.39, 0.29) is 5.91 Å². The van der Waals surface area contributed by atoms with Crippen molar-refractivity contribution in [1.29, 1.82) is 0 Å². The SMILES string of the molecule is CCn1cc(NC(=O)CC2CSCCN2)cn1. The Labute approximate surface area is 105 Å². The molecule has 0 saturated carbocycles. The van der Waals surface area contributed by atoms with Gasteiger partial charge in [-0.2, -0.15) is 16.9 Å². The summed E-state index contributed by atoms with van der Waals surface area (Å²) in [6.07, 6.45) is 4.07. The number of carbonyl (C=O) groups excluding carboxylic acids is 1. The van der Waals surface area contributed by atoms with Crippen molar-refractivity contribution in [3.8, 4) is 0 Å². The van der Waals surface area contributed by atoms with Gasteiger partial charge < -0.3 is 10.6 Å². The minimum atomic E-state index is 0.0562. The molecule has 0 bridgehead atoms. The Morgan fingerprint density at radius 2 is 2.65 bits per heavy atom. The molecule has 17 heavy (non-hydrogen) atoms. The zero-order valence-corrected chi connectivity index (χ0v) is 10.8. The van der Waals surface area contributed by atoms with Crippen LogP contribution in [0, 0.1) is 0 Å². The van der Waals surface area contributed by atoms with Gasteiger partial charge in [0, 0.05) is 43.3 Å². The molecule has 1 unspecified atom stereocenters. The summed E-state index contributed by atoms with van der Waals surface area (Å²) in [5.74, 6) is 2.21. The van der Waals surface area contributed by atoms with Crippen molar-refractivity contribution in [3.05, 3.63) is 12.4 Å². The molecule has 2 heterocycles. The molecule has 94 valence electrons. The molecule has 1 saturated heterocycles. The van der Waals surface area contributed by atoms with Crippen molar-refractivity contribution in [2.24, 2.45) is 0 Å². The van der Waals surface area contributed by atoms with E-state index < -0.39 is 0 Å². The predicted molar refractivity (Wildman–Crippen MR) is 70.3 cm³/mol. The van der Waals surface area contributed by atoms with Gasteiger partial charge in [0.05, 0.1) is 11.9 Å². The molecule has 5 nitrogen and oxygen atoms in total. The third kappa shape index (κ3) is 3.74. The number of aromatic nitrogens is 2.